The minimum Gasteiger partial charge on any atom is -0.484 e. The predicted molar refractivity (Wildman–Crippen MR) is 98.5 cm³/mol. The molecule has 3 rings (SSSR count). The Morgan fingerprint density at radius 1 is 0.962 bits per heavy atom. The maximum Gasteiger partial charge on any atom is 0.260 e. The van der Waals surface area contributed by atoms with Crippen molar-refractivity contribution in [2.24, 2.45) is 0 Å². The van der Waals surface area contributed by atoms with Crippen LogP contribution in [0.15, 0.2) is 59.5 Å². The molecule has 1 aliphatic heterocycles. The van der Waals surface area contributed by atoms with Gasteiger partial charge in [0, 0.05) is 26.2 Å². The van der Waals surface area contributed by atoms with Gasteiger partial charge in [0.05, 0.1) is 4.90 Å². The maximum atomic E-state index is 12.7. The van der Waals surface area contributed by atoms with E-state index in [0.29, 0.717) is 18.8 Å². The Hall–Kier alpha value is -2.38. The van der Waals surface area contributed by atoms with Crippen LogP contribution in [0.4, 0.5) is 0 Å². The number of benzene rings is 2. The summed E-state index contributed by atoms with van der Waals surface area (Å²) in [6.45, 7) is 3.16. The Kier molecular flexibility index (Phi) is 5.58. The summed E-state index contributed by atoms with van der Waals surface area (Å²) < 4.78 is 32.3. The molecule has 0 unspecified atom stereocenters. The molecule has 0 N–H and O–H groups in total. The lowest BCUT2D eigenvalue weighted by molar-refractivity contribution is -0.134. The third-order valence-electron chi connectivity index (χ3n) is 4.36. The summed E-state index contributed by atoms with van der Waals surface area (Å²) >= 11 is 0. The number of rotatable bonds is 5. The Morgan fingerprint density at radius 2 is 1.58 bits per heavy atom. The molecule has 0 spiro atoms. The van der Waals surface area contributed by atoms with Gasteiger partial charge in [-0.3, -0.25) is 4.79 Å². The molecule has 0 aliphatic carbocycles. The lowest BCUT2D eigenvalue weighted by Gasteiger charge is -2.34. The SMILES string of the molecule is Cc1ccc(S(=O)(=O)N2CCN(C(=O)COc3ccccc3)CC2)cc1. The van der Waals surface area contributed by atoms with E-state index in [1.807, 2.05) is 25.1 Å². The van der Waals surface area contributed by atoms with Crippen LogP contribution in [-0.4, -0.2) is 56.3 Å². The molecule has 26 heavy (non-hydrogen) atoms. The first kappa shape index (κ1) is 18.4. The Morgan fingerprint density at radius 3 is 2.19 bits per heavy atom. The van der Waals surface area contributed by atoms with Gasteiger partial charge in [0.25, 0.3) is 5.91 Å². The third-order valence-corrected chi connectivity index (χ3v) is 6.27. The van der Waals surface area contributed by atoms with E-state index in [9.17, 15) is 13.2 Å². The largest absolute Gasteiger partial charge is 0.484 e. The van der Waals surface area contributed by atoms with Crippen molar-refractivity contribution in [3.05, 3.63) is 60.2 Å². The number of sulfonamides is 1. The van der Waals surface area contributed by atoms with Crippen molar-refractivity contribution in [1.29, 1.82) is 0 Å². The molecular formula is C19H22N2O4S. The third kappa shape index (κ3) is 4.23. The predicted octanol–water partition coefficient (Wildman–Crippen LogP) is 1.91. The summed E-state index contributed by atoms with van der Waals surface area (Å²) in [5.74, 6) is 0.502. The van der Waals surface area contributed by atoms with E-state index in [4.69, 9.17) is 4.74 Å². The van der Waals surface area contributed by atoms with Crippen molar-refractivity contribution < 1.29 is 17.9 Å². The van der Waals surface area contributed by atoms with E-state index in [2.05, 4.69) is 0 Å². The van der Waals surface area contributed by atoms with Crippen molar-refractivity contribution in [3.8, 4) is 5.75 Å². The van der Waals surface area contributed by atoms with Gasteiger partial charge in [-0.05, 0) is 31.2 Å². The number of para-hydroxylation sites is 1. The fraction of sp³-hybridized carbons (Fsp3) is 0.316. The van der Waals surface area contributed by atoms with Crippen molar-refractivity contribution in [2.45, 2.75) is 11.8 Å². The van der Waals surface area contributed by atoms with Gasteiger partial charge in [-0.15, -0.1) is 0 Å². The highest BCUT2D eigenvalue weighted by atomic mass is 32.2. The van der Waals surface area contributed by atoms with Gasteiger partial charge in [-0.1, -0.05) is 35.9 Å². The standard InChI is InChI=1S/C19H22N2O4S/c1-16-7-9-18(10-8-16)26(23,24)21-13-11-20(12-14-21)19(22)15-25-17-5-3-2-4-6-17/h2-10H,11-15H2,1H3. The van der Waals surface area contributed by atoms with Gasteiger partial charge < -0.3 is 9.64 Å². The molecule has 0 bridgehead atoms. The fourth-order valence-corrected chi connectivity index (χ4v) is 4.21. The fourth-order valence-electron chi connectivity index (χ4n) is 2.79. The number of hydrogen-bond donors (Lipinski definition) is 0. The van der Waals surface area contributed by atoms with Crippen molar-refractivity contribution >= 4 is 15.9 Å². The van der Waals surface area contributed by atoms with Crippen molar-refractivity contribution in [1.82, 2.24) is 9.21 Å². The highest BCUT2D eigenvalue weighted by molar-refractivity contribution is 7.89. The summed E-state index contributed by atoms with van der Waals surface area (Å²) in [5, 5.41) is 0. The maximum absolute atomic E-state index is 12.7. The van der Waals surface area contributed by atoms with Crippen LogP contribution < -0.4 is 4.74 Å². The second-order valence-electron chi connectivity index (χ2n) is 6.20. The molecule has 1 heterocycles. The van der Waals surface area contributed by atoms with Crippen LogP contribution in [0, 0.1) is 6.92 Å². The Balaban J connectivity index is 1.55. The van der Waals surface area contributed by atoms with Gasteiger partial charge >= 0.3 is 0 Å². The van der Waals surface area contributed by atoms with Crippen molar-refractivity contribution in [3.63, 3.8) is 0 Å². The first-order valence-electron chi connectivity index (χ1n) is 8.49. The van der Waals surface area contributed by atoms with Gasteiger partial charge in [0.15, 0.2) is 6.61 Å². The van der Waals surface area contributed by atoms with Crippen LogP contribution in [0.2, 0.25) is 0 Å². The summed E-state index contributed by atoms with van der Waals surface area (Å²) in [4.78, 5) is 14.2. The van der Waals surface area contributed by atoms with E-state index >= 15 is 0 Å². The zero-order valence-electron chi connectivity index (χ0n) is 14.7. The number of hydrogen-bond acceptors (Lipinski definition) is 4. The Bertz CT molecular complexity index is 843. The zero-order chi connectivity index (χ0) is 18.6. The molecule has 1 saturated heterocycles. The average Bonchev–Trinajstić information content (AvgIpc) is 2.67. The molecule has 7 heteroatoms. The minimum absolute atomic E-state index is 0.0469. The number of piperazine rings is 1. The van der Waals surface area contributed by atoms with Crippen LogP contribution in [0.3, 0.4) is 0 Å². The molecule has 0 saturated carbocycles. The van der Waals surface area contributed by atoms with E-state index < -0.39 is 10.0 Å². The van der Waals surface area contributed by atoms with Crippen LogP contribution >= 0.6 is 0 Å². The van der Waals surface area contributed by atoms with Crippen LogP contribution in [0.5, 0.6) is 5.75 Å². The normalized spacial score (nSPS) is 15.7. The molecule has 138 valence electrons. The van der Waals surface area contributed by atoms with Crippen LogP contribution in [-0.2, 0) is 14.8 Å². The van der Waals surface area contributed by atoms with Gasteiger partial charge in [-0.25, -0.2) is 8.42 Å². The molecule has 1 aliphatic rings. The van der Waals surface area contributed by atoms with E-state index in [1.54, 1.807) is 41.3 Å². The second kappa shape index (κ2) is 7.88. The number of carbonyl (C=O) groups excluding carboxylic acids is 1. The number of amides is 1. The monoisotopic (exact) mass is 374 g/mol. The number of carbonyl (C=O) groups is 1. The van der Waals surface area contributed by atoms with Gasteiger partial charge in [0.1, 0.15) is 5.75 Å². The number of aryl methyl sites for hydroxylation is 1. The molecule has 0 atom stereocenters. The lowest BCUT2D eigenvalue weighted by atomic mass is 10.2. The molecule has 6 nitrogen and oxygen atoms in total. The quantitative estimate of drug-likeness (QED) is 0.802. The first-order chi connectivity index (χ1) is 12.5. The Labute approximate surface area is 154 Å². The van der Waals surface area contributed by atoms with Crippen LogP contribution in [0.1, 0.15) is 5.56 Å². The van der Waals surface area contributed by atoms with Gasteiger partial charge in [-0.2, -0.15) is 4.31 Å². The van der Waals surface area contributed by atoms with E-state index in [-0.39, 0.29) is 30.5 Å². The highest BCUT2D eigenvalue weighted by Gasteiger charge is 2.30. The zero-order valence-corrected chi connectivity index (χ0v) is 15.5. The molecular weight excluding hydrogens is 352 g/mol. The first-order valence-corrected chi connectivity index (χ1v) is 9.93. The average molecular weight is 374 g/mol. The summed E-state index contributed by atoms with van der Waals surface area (Å²) in [5.41, 5.74) is 1.01. The highest BCUT2D eigenvalue weighted by Crippen LogP contribution is 2.18. The smallest absolute Gasteiger partial charge is 0.260 e. The molecule has 1 fully saturated rings. The summed E-state index contributed by atoms with van der Waals surface area (Å²) in [7, 11) is -3.52. The van der Waals surface area contributed by atoms with E-state index in [0.717, 1.165) is 5.56 Å². The van der Waals surface area contributed by atoms with Gasteiger partial charge in [0.2, 0.25) is 10.0 Å². The lowest BCUT2D eigenvalue weighted by Crippen LogP contribution is -2.51. The molecule has 0 radical (unpaired) electrons. The molecule has 0 aromatic heterocycles. The molecule has 2 aromatic rings. The molecule has 2 aromatic carbocycles. The summed E-state index contributed by atoms with van der Waals surface area (Å²) in [6.07, 6.45) is 0. The second-order valence-corrected chi connectivity index (χ2v) is 8.14. The number of nitrogens with zero attached hydrogens (tertiary/aromatic N) is 2. The summed E-state index contributed by atoms with van der Waals surface area (Å²) in [6, 6.07) is 16.0. The van der Waals surface area contributed by atoms with Crippen LogP contribution in [0.25, 0.3) is 0 Å². The van der Waals surface area contributed by atoms with E-state index in [1.165, 1.54) is 4.31 Å². The minimum atomic E-state index is -3.52. The molecule has 1 amide bonds. The van der Waals surface area contributed by atoms with Crippen molar-refractivity contribution in [2.75, 3.05) is 32.8 Å². The number of ether oxygens (including phenoxy) is 1. The topological polar surface area (TPSA) is 66.9 Å².